The van der Waals surface area contributed by atoms with Gasteiger partial charge in [0.25, 0.3) is 0 Å². The second kappa shape index (κ2) is 64.9. The quantitative estimate of drug-likeness (QED) is 0.0261. The molecule has 0 heterocycles. The molecule has 0 aliphatic heterocycles. The van der Waals surface area contributed by atoms with E-state index >= 15 is 0 Å². The van der Waals surface area contributed by atoms with Crippen molar-refractivity contribution in [3.63, 3.8) is 0 Å². The minimum absolute atomic E-state index is 0.0927. The number of ether oxygens (including phenoxy) is 3. The van der Waals surface area contributed by atoms with E-state index in [0.717, 1.165) is 103 Å². The van der Waals surface area contributed by atoms with Gasteiger partial charge in [-0.3, -0.25) is 14.4 Å². The highest BCUT2D eigenvalue weighted by Crippen LogP contribution is 2.16. The van der Waals surface area contributed by atoms with Crippen LogP contribution in [0.25, 0.3) is 0 Å². The van der Waals surface area contributed by atoms with Crippen LogP contribution in [0.2, 0.25) is 0 Å². The molecule has 0 aliphatic carbocycles. The third-order valence-corrected chi connectivity index (χ3v) is 14.0. The van der Waals surface area contributed by atoms with Crippen LogP contribution >= 0.6 is 0 Å². The molecule has 0 aromatic rings. The zero-order valence-corrected chi connectivity index (χ0v) is 50.7. The van der Waals surface area contributed by atoms with Crippen molar-refractivity contribution in [2.24, 2.45) is 0 Å². The van der Waals surface area contributed by atoms with Gasteiger partial charge in [-0.25, -0.2) is 0 Å². The molecule has 0 amide bonds. The summed E-state index contributed by atoms with van der Waals surface area (Å²) in [6.45, 7) is 6.50. The molecule has 0 bridgehead atoms. The van der Waals surface area contributed by atoms with Crippen LogP contribution in [0, 0.1) is 0 Å². The molecule has 0 spiro atoms. The second-order valence-corrected chi connectivity index (χ2v) is 21.6. The van der Waals surface area contributed by atoms with E-state index < -0.39 is 6.10 Å². The van der Waals surface area contributed by atoms with Gasteiger partial charge in [0.2, 0.25) is 0 Å². The van der Waals surface area contributed by atoms with Crippen molar-refractivity contribution in [2.45, 2.75) is 322 Å². The van der Waals surface area contributed by atoms with Crippen LogP contribution in [0.1, 0.15) is 316 Å². The number of hydrogen-bond acceptors (Lipinski definition) is 6. The lowest BCUT2D eigenvalue weighted by Crippen LogP contribution is -2.30. The molecule has 0 aromatic carbocycles. The SMILES string of the molecule is CC/C=C\C/C=C\C/C=C\C/C=C\C/C=C\CCCCCC(=O)OC(COC(=O)CCCCCCCCCCC/C=C\C/C=C\CCCCC)COC(=O)CCCCCCCCCCC/C=C\CCCCCCCCCC. The normalized spacial score (nSPS) is 12.7. The van der Waals surface area contributed by atoms with E-state index in [4.69, 9.17) is 14.2 Å². The number of hydrogen-bond donors (Lipinski definition) is 0. The van der Waals surface area contributed by atoms with Gasteiger partial charge >= 0.3 is 17.9 Å². The second-order valence-electron chi connectivity index (χ2n) is 21.6. The van der Waals surface area contributed by atoms with Crippen molar-refractivity contribution in [1.82, 2.24) is 0 Å². The van der Waals surface area contributed by atoms with E-state index in [-0.39, 0.29) is 37.5 Å². The lowest BCUT2D eigenvalue weighted by Gasteiger charge is -2.18. The predicted octanol–water partition coefficient (Wildman–Crippen LogP) is 22.4. The first kappa shape index (κ1) is 73.3. The first-order valence-electron chi connectivity index (χ1n) is 32.7. The van der Waals surface area contributed by atoms with Crippen molar-refractivity contribution >= 4 is 17.9 Å². The van der Waals surface area contributed by atoms with Gasteiger partial charge < -0.3 is 14.2 Å². The molecule has 0 N–H and O–H groups in total. The summed E-state index contributed by atoms with van der Waals surface area (Å²) in [7, 11) is 0. The smallest absolute Gasteiger partial charge is 0.306 e. The maximum Gasteiger partial charge on any atom is 0.306 e. The van der Waals surface area contributed by atoms with E-state index in [1.165, 1.54) is 173 Å². The van der Waals surface area contributed by atoms with Crippen LogP contribution in [-0.2, 0) is 28.6 Å². The molecule has 77 heavy (non-hydrogen) atoms. The Bertz CT molecular complexity index is 1510. The highest BCUT2D eigenvalue weighted by Gasteiger charge is 2.19. The van der Waals surface area contributed by atoms with Gasteiger partial charge in [-0.05, 0) is 122 Å². The largest absolute Gasteiger partial charge is 0.462 e. The van der Waals surface area contributed by atoms with Crippen LogP contribution in [0.5, 0.6) is 0 Å². The van der Waals surface area contributed by atoms with Crippen molar-refractivity contribution in [1.29, 1.82) is 0 Å². The number of rotatable bonds is 59. The fraction of sp³-hybridized carbons (Fsp3) is 0.732. The number of carbonyl (C=O) groups excluding carboxylic acids is 3. The van der Waals surface area contributed by atoms with Gasteiger partial charge in [-0.1, -0.05) is 272 Å². The van der Waals surface area contributed by atoms with Gasteiger partial charge in [-0.15, -0.1) is 0 Å². The average molecular weight is 1070 g/mol. The van der Waals surface area contributed by atoms with Gasteiger partial charge in [-0.2, -0.15) is 0 Å². The molecule has 0 rings (SSSR count). The zero-order valence-electron chi connectivity index (χ0n) is 50.7. The molecule has 0 saturated carbocycles. The number of allylic oxidation sites excluding steroid dienone is 16. The Labute approximate surface area is 477 Å². The molecule has 1 atom stereocenters. The Morgan fingerprint density at radius 3 is 0.844 bits per heavy atom. The molecule has 0 aliphatic rings. The summed E-state index contributed by atoms with van der Waals surface area (Å²) in [4.78, 5) is 38.4. The highest BCUT2D eigenvalue weighted by molar-refractivity contribution is 5.71. The topological polar surface area (TPSA) is 78.9 Å². The number of carbonyl (C=O) groups is 3. The van der Waals surface area contributed by atoms with E-state index in [2.05, 4.69) is 118 Å². The van der Waals surface area contributed by atoms with Crippen LogP contribution < -0.4 is 0 Å². The average Bonchev–Trinajstić information content (AvgIpc) is 3.43. The Hall–Kier alpha value is -3.67. The summed E-state index contributed by atoms with van der Waals surface area (Å²) in [6.07, 6.45) is 86.9. The molecule has 442 valence electrons. The van der Waals surface area contributed by atoms with Crippen LogP contribution in [0.15, 0.2) is 97.2 Å². The van der Waals surface area contributed by atoms with Gasteiger partial charge in [0, 0.05) is 19.3 Å². The monoisotopic (exact) mass is 1070 g/mol. The van der Waals surface area contributed by atoms with E-state index in [9.17, 15) is 14.4 Å². The molecule has 0 radical (unpaired) electrons. The molecule has 6 nitrogen and oxygen atoms in total. The fourth-order valence-corrected chi connectivity index (χ4v) is 9.14. The Kier molecular flexibility index (Phi) is 61.8. The summed E-state index contributed by atoms with van der Waals surface area (Å²) in [5.41, 5.74) is 0. The highest BCUT2D eigenvalue weighted by atomic mass is 16.6. The third kappa shape index (κ3) is 63.0. The van der Waals surface area contributed by atoms with Crippen molar-refractivity contribution in [2.75, 3.05) is 13.2 Å². The lowest BCUT2D eigenvalue weighted by atomic mass is 10.1. The van der Waals surface area contributed by atoms with Crippen molar-refractivity contribution in [3.8, 4) is 0 Å². The first-order chi connectivity index (χ1) is 38.0. The first-order valence-corrected chi connectivity index (χ1v) is 32.7. The standard InChI is InChI=1S/C71H122O6/c1-4-7-10-13-16-19-22-25-28-31-34-35-38-40-43-46-49-52-55-58-61-64-70(73)76-67-68(77-71(74)65-62-59-56-53-50-47-44-41-37-33-30-27-24-21-18-15-12-9-6-3)66-75-69(72)63-60-57-54-51-48-45-42-39-36-32-29-26-23-20-17-14-11-8-5-2/h9,12,17-18,20-21,26-27,29-31,34,37,41,47,50,68H,4-8,10-11,13-16,19,22-25,28,32-33,35-36,38-40,42-46,48-49,51-67H2,1-3H3/b12-9-,20-17-,21-18-,29-26-,30-27-,34-31-,41-37-,50-47-. The van der Waals surface area contributed by atoms with Crippen molar-refractivity contribution < 1.29 is 28.6 Å². The Morgan fingerprint density at radius 2 is 0.506 bits per heavy atom. The number of unbranched alkanes of at least 4 members (excludes halogenated alkanes) is 32. The molecule has 6 heteroatoms. The van der Waals surface area contributed by atoms with Crippen LogP contribution in [-0.4, -0.2) is 37.2 Å². The molecule has 1 unspecified atom stereocenters. The van der Waals surface area contributed by atoms with Gasteiger partial charge in [0.05, 0.1) is 0 Å². The fourth-order valence-electron chi connectivity index (χ4n) is 9.14. The Balaban J connectivity index is 4.43. The predicted molar refractivity (Wildman–Crippen MR) is 334 cm³/mol. The van der Waals surface area contributed by atoms with Gasteiger partial charge in [0.15, 0.2) is 6.10 Å². The third-order valence-electron chi connectivity index (χ3n) is 14.0. The molecule has 0 saturated heterocycles. The van der Waals surface area contributed by atoms with Crippen LogP contribution in [0.3, 0.4) is 0 Å². The Morgan fingerprint density at radius 1 is 0.273 bits per heavy atom. The van der Waals surface area contributed by atoms with E-state index in [1.807, 2.05) is 0 Å². The lowest BCUT2D eigenvalue weighted by molar-refractivity contribution is -0.167. The van der Waals surface area contributed by atoms with E-state index in [1.54, 1.807) is 0 Å². The summed E-state index contributed by atoms with van der Waals surface area (Å²) in [6, 6.07) is 0. The zero-order chi connectivity index (χ0) is 55.7. The summed E-state index contributed by atoms with van der Waals surface area (Å²) < 4.78 is 16.9. The van der Waals surface area contributed by atoms with Crippen LogP contribution in [0.4, 0.5) is 0 Å². The summed E-state index contributed by atoms with van der Waals surface area (Å²) >= 11 is 0. The van der Waals surface area contributed by atoms with Crippen molar-refractivity contribution in [3.05, 3.63) is 97.2 Å². The molecule has 0 aromatic heterocycles. The number of esters is 3. The summed E-state index contributed by atoms with van der Waals surface area (Å²) in [5, 5.41) is 0. The maximum absolute atomic E-state index is 12.9. The summed E-state index contributed by atoms with van der Waals surface area (Å²) in [5.74, 6) is -0.920. The maximum atomic E-state index is 12.9. The molecule has 0 fully saturated rings. The minimum atomic E-state index is -0.800. The van der Waals surface area contributed by atoms with E-state index in [0.29, 0.717) is 12.8 Å². The van der Waals surface area contributed by atoms with Gasteiger partial charge in [0.1, 0.15) is 13.2 Å². The molecular formula is C71H122O6. The molecular weight excluding hydrogens is 949 g/mol. The minimum Gasteiger partial charge on any atom is -0.462 e.